The van der Waals surface area contributed by atoms with E-state index in [0.29, 0.717) is 12.2 Å². The topological polar surface area (TPSA) is 35.5 Å². The molecule has 1 saturated heterocycles. The lowest BCUT2D eigenvalue weighted by Crippen LogP contribution is -2.25. The van der Waals surface area contributed by atoms with Crippen LogP contribution in [0.15, 0.2) is 24.3 Å². The molecule has 1 aromatic rings. The van der Waals surface area contributed by atoms with Gasteiger partial charge < -0.3 is 9.47 Å². The van der Waals surface area contributed by atoms with Gasteiger partial charge in [0.05, 0.1) is 12.2 Å². The van der Waals surface area contributed by atoms with Crippen LogP contribution in [0.2, 0.25) is 0 Å². The first-order valence-corrected chi connectivity index (χ1v) is 5.15. The maximum absolute atomic E-state index is 11.6. The van der Waals surface area contributed by atoms with Gasteiger partial charge in [-0.05, 0) is 31.0 Å². The maximum Gasteiger partial charge on any atom is 0.340 e. The van der Waals surface area contributed by atoms with E-state index in [0.717, 1.165) is 19.3 Å². The summed E-state index contributed by atoms with van der Waals surface area (Å²) in [5.41, 5.74) is 0.544. The summed E-state index contributed by atoms with van der Waals surface area (Å²) in [4.78, 5) is 11.6. The van der Waals surface area contributed by atoms with Crippen molar-refractivity contribution in [3.05, 3.63) is 35.9 Å². The van der Waals surface area contributed by atoms with E-state index in [4.69, 9.17) is 9.47 Å². The van der Waals surface area contributed by atoms with Crippen molar-refractivity contribution < 1.29 is 14.3 Å². The lowest BCUT2D eigenvalue weighted by atomic mass is 10.2. The van der Waals surface area contributed by atoms with E-state index in [1.807, 2.05) is 0 Å². The molecule has 1 heterocycles. The SMILES string of the molecule is O=C(OC1CCCCO1)c1cc[c]cc1. The highest BCUT2D eigenvalue weighted by Gasteiger charge is 2.18. The van der Waals surface area contributed by atoms with E-state index < -0.39 is 0 Å². The summed E-state index contributed by atoms with van der Waals surface area (Å²) >= 11 is 0. The van der Waals surface area contributed by atoms with Crippen molar-refractivity contribution in [3.8, 4) is 0 Å². The highest BCUT2D eigenvalue weighted by molar-refractivity contribution is 5.89. The summed E-state index contributed by atoms with van der Waals surface area (Å²) in [6.45, 7) is 0.681. The zero-order valence-electron chi connectivity index (χ0n) is 8.44. The Morgan fingerprint density at radius 2 is 2.20 bits per heavy atom. The third-order valence-corrected chi connectivity index (χ3v) is 2.33. The molecule has 2 rings (SSSR count). The van der Waals surface area contributed by atoms with Crippen molar-refractivity contribution >= 4 is 5.97 Å². The van der Waals surface area contributed by atoms with Crippen molar-refractivity contribution in [3.63, 3.8) is 0 Å². The molecule has 1 aliphatic heterocycles. The van der Waals surface area contributed by atoms with Crippen LogP contribution in [0, 0.1) is 6.07 Å². The average molecular weight is 205 g/mol. The standard InChI is InChI=1S/C12H13O3/c13-12(10-6-2-1-3-7-10)15-11-8-4-5-9-14-11/h2-3,6-7,11H,4-5,8-9H2. The normalized spacial score (nSPS) is 20.9. The third kappa shape index (κ3) is 2.80. The zero-order chi connectivity index (χ0) is 10.5. The third-order valence-electron chi connectivity index (χ3n) is 2.33. The van der Waals surface area contributed by atoms with E-state index in [1.165, 1.54) is 0 Å². The van der Waals surface area contributed by atoms with Crippen LogP contribution >= 0.6 is 0 Å². The number of carbonyl (C=O) groups excluding carboxylic acids is 1. The van der Waals surface area contributed by atoms with Crippen molar-refractivity contribution in [1.29, 1.82) is 0 Å². The Bertz CT molecular complexity index is 315. The molecule has 1 unspecified atom stereocenters. The van der Waals surface area contributed by atoms with E-state index in [1.54, 1.807) is 24.3 Å². The summed E-state index contributed by atoms with van der Waals surface area (Å²) in [6.07, 6.45) is 2.54. The Morgan fingerprint density at radius 1 is 1.40 bits per heavy atom. The van der Waals surface area contributed by atoms with Gasteiger partial charge in [-0.3, -0.25) is 0 Å². The molecule has 0 amide bonds. The Kier molecular flexibility index (Phi) is 3.35. The lowest BCUT2D eigenvalue weighted by Gasteiger charge is -2.22. The van der Waals surface area contributed by atoms with Gasteiger partial charge in [-0.25, -0.2) is 4.79 Å². The van der Waals surface area contributed by atoms with Gasteiger partial charge in [0, 0.05) is 6.42 Å². The number of rotatable bonds is 2. The smallest absolute Gasteiger partial charge is 0.340 e. The number of hydrogen-bond donors (Lipinski definition) is 0. The molecular weight excluding hydrogens is 192 g/mol. The molecule has 15 heavy (non-hydrogen) atoms. The second kappa shape index (κ2) is 4.94. The molecule has 3 heteroatoms. The minimum atomic E-state index is -0.365. The molecule has 3 nitrogen and oxygen atoms in total. The quantitative estimate of drug-likeness (QED) is 0.694. The van der Waals surface area contributed by atoms with Crippen LogP contribution in [0.5, 0.6) is 0 Å². The highest BCUT2D eigenvalue weighted by atomic mass is 16.7. The van der Waals surface area contributed by atoms with Gasteiger partial charge in [-0.2, -0.15) is 0 Å². The predicted molar refractivity (Wildman–Crippen MR) is 54.3 cm³/mol. The van der Waals surface area contributed by atoms with E-state index in [9.17, 15) is 4.79 Å². The molecule has 1 aromatic carbocycles. The molecule has 0 N–H and O–H groups in total. The van der Waals surface area contributed by atoms with Gasteiger partial charge in [0.2, 0.25) is 6.29 Å². The van der Waals surface area contributed by atoms with Gasteiger partial charge in [0.15, 0.2) is 0 Å². The van der Waals surface area contributed by atoms with Crippen LogP contribution < -0.4 is 0 Å². The lowest BCUT2D eigenvalue weighted by molar-refractivity contribution is -0.130. The maximum atomic E-state index is 11.6. The largest absolute Gasteiger partial charge is 0.432 e. The minimum absolute atomic E-state index is 0.323. The van der Waals surface area contributed by atoms with Crippen LogP contribution in [-0.2, 0) is 9.47 Å². The van der Waals surface area contributed by atoms with E-state index in [-0.39, 0.29) is 12.3 Å². The second-order valence-electron chi connectivity index (χ2n) is 3.49. The number of carbonyl (C=O) groups is 1. The molecular formula is C12H13O3. The average Bonchev–Trinajstić information content (AvgIpc) is 2.31. The number of benzene rings is 1. The summed E-state index contributed by atoms with van der Waals surface area (Å²) in [6, 6.07) is 9.61. The monoisotopic (exact) mass is 205 g/mol. The molecule has 0 aromatic heterocycles. The molecule has 1 fully saturated rings. The van der Waals surface area contributed by atoms with Crippen LogP contribution in [0.1, 0.15) is 29.6 Å². The molecule has 0 spiro atoms. The first kappa shape index (κ1) is 10.2. The Morgan fingerprint density at radius 3 is 2.87 bits per heavy atom. The molecule has 1 atom stereocenters. The molecule has 0 bridgehead atoms. The van der Waals surface area contributed by atoms with E-state index in [2.05, 4.69) is 6.07 Å². The number of hydrogen-bond acceptors (Lipinski definition) is 3. The fraction of sp³-hybridized carbons (Fsp3) is 0.417. The Balaban J connectivity index is 1.91. The van der Waals surface area contributed by atoms with Gasteiger partial charge in [-0.15, -0.1) is 0 Å². The molecule has 1 aliphatic rings. The highest BCUT2D eigenvalue weighted by Crippen LogP contribution is 2.15. The summed E-state index contributed by atoms with van der Waals surface area (Å²) < 4.78 is 10.5. The van der Waals surface area contributed by atoms with Gasteiger partial charge in [0.1, 0.15) is 0 Å². The van der Waals surface area contributed by atoms with Crippen molar-refractivity contribution in [2.45, 2.75) is 25.6 Å². The zero-order valence-corrected chi connectivity index (χ0v) is 8.44. The Labute approximate surface area is 89.0 Å². The van der Waals surface area contributed by atoms with Crippen molar-refractivity contribution in [2.75, 3.05) is 6.61 Å². The number of esters is 1. The second-order valence-corrected chi connectivity index (χ2v) is 3.49. The van der Waals surface area contributed by atoms with Crippen LogP contribution in [0.4, 0.5) is 0 Å². The first-order valence-electron chi connectivity index (χ1n) is 5.15. The molecule has 0 saturated carbocycles. The fourth-order valence-electron chi connectivity index (χ4n) is 1.51. The summed E-state index contributed by atoms with van der Waals surface area (Å²) in [7, 11) is 0. The van der Waals surface area contributed by atoms with Crippen LogP contribution in [-0.4, -0.2) is 18.9 Å². The van der Waals surface area contributed by atoms with Gasteiger partial charge in [0.25, 0.3) is 0 Å². The van der Waals surface area contributed by atoms with Gasteiger partial charge in [-0.1, -0.05) is 12.1 Å². The number of ether oxygens (including phenoxy) is 2. The molecule has 1 radical (unpaired) electrons. The van der Waals surface area contributed by atoms with Gasteiger partial charge >= 0.3 is 5.97 Å². The predicted octanol–water partition coefficient (Wildman–Crippen LogP) is 2.17. The van der Waals surface area contributed by atoms with Crippen LogP contribution in [0.25, 0.3) is 0 Å². The summed E-state index contributed by atoms with van der Waals surface area (Å²) in [5.74, 6) is -0.323. The summed E-state index contributed by atoms with van der Waals surface area (Å²) in [5, 5.41) is 0. The fourth-order valence-corrected chi connectivity index (χ4v) is 1.51. The van der Waals surface area contributed by atoms with Crippen molar-refractivity contribution in [1.82, 2.24) is 0 Å². The molecule has 79 valence electrons. The first-order chi connectivity index (χ1) is 7.36. The van der Waals surface area contributed by atoms with Crippen LogP contribution in [0.3, 0.4) is 0 Å². The van der Waals surface area contributed by atoms with Crippen molar-refractivity contribution in [2.24, 2.45) is 0 Å². The minimum Gasteiger partial charge on any atom is -0.432 e. The van der Waals surface area contributed by atoms with E-state index >= 15 is 0 Å². The Hall–Kier alpha value is -1.35. The molecule has 0 aliphatic carbocycles.